The Bertz CT molecular complexity index is 1510. The quantitative estimate of drug-likeness (QED) is 0.234. The predicted molar refractivity (Wildman–Crippen MR) is 165 cm³/mol. The molecule has 194 valence electrons. The van der Waals surface area contributed by atoms with Crippen molar-refractivity contribution in [1.29, 1.82) is 0 Å². The van der Waals surface area contributed by atoms with Crippen LogP contribution in [0.4, 0.5) is 15.8 Å². The lowest BCUT2D eigenvalue weighted by Crippen LogP contribution is -2.28. The first kappa shape index (κ1) is 26.2. The number of benzene rings is 4. The van der Waals surface area contributed by atoms with Gasteiger partial charge in [0.2, 0.25) is 0 Å². The molecular formula is C34H36FN2P. The fourth-order valence-electron chi connectivity index (χ4n) is 5.48. The van der Waals surface area contributed by atoms with Gasteiger partial charge in [-0.2, -0.15) is 0 Å². The van der Waals surface area contributed by atoms with Crippen molar-refractivity contribution in [2.45, 2.75) is 39.4 Å². The number of rotatable bonds is 6. The first-order chi connectivity index (χ1) is 18.2. The second-order valence-corrected chi connectivity index (χ2v) is 11.8. The number of halogens is 1. The maximum Gasteiger partial charge on any atom is 0.123 e. The van der Waals surface area contributed by atoms with Crippen LogP contribution in [0.3, 0.4) is 0 Å². The summed E-state index contributed by atoms with van der Waals surface area (Å²) in [6.07, 6.45) is 0.995. The summed E-state index contributed by atoms with van der Waals surface area (Å²) in [7, 11) is 2.95. The van der Waals surface area contributed by atoms with Crippen LogP contribution in [0.2, 0.25) is 0 Å². The molecule has 0 fully saturated rings. The predicted octanol–water partition coefficient (Wildman–Crippen LogP) is 8.74. The molecule has 1 heterocycles. The summed E-state index contributed by atoms with van der Waals surface area (Å²) in [5, 5.41) is 2.55. The van der Waals surface area contributed by atoms with E-state index < -0.39 is 0 Å². The molecular weight excluding hydrogens is 486 g/mol. The van der Waals surface area contributed by atoms with Crippen LogP contribution in [0.15, 0.2) is 97.7 Å². The van der Waals surface area contributed by atoms with Crippen molar-refractivity contribution in [3.05, 3.63) is 126 Å². The van der Waals surface area contributed by atoms with Gasteiger partial charge in [-0.05, 0) is 76.3 Å². The summed E-state index contributed by atoms with van der Waals surface area (Å²) in [6, 6.07) is 26.4. The van der Waals surface area contributed by atoms with Crippen LogP contribution in [0.1, 0.15) is 36.1 Å². The SMILES string of the molecule is C=C(c1ccc(F)cc1)N1CC(C)C(=C)N(Cc2c(CC(C)P)ccc3ccccc23)c2ccc(C)cc21. The zero-order valence-corrected chi connectivity index (χ0v) is 23.7. The molecule has 2 nitrogen and oxygen atoms in total. The van der Waals surface area contributed by atoms with Crippen LogP contribution < -0.4 is 9.80 Å². The highest BCUT2D eigenvalue weighted by molar-refractivity contribution is 7.17. The summed E-state index contributed by atoms with van der Waals surface area (Å²) in [5.74, 6) is -0.0637. The van der Waals surface area contributed by atoms with E-state index in [2.05, 4.69) is 108 Å². The van der Waals surface area contributed by atoms with Crippen LogP contribution in [0, 0.1) is 18.7 Å². The molecule has 0 spiro atoms. The van der Waals surface area contributed by atoms with Crippen molar-refractivity contribution >= 4 is 37.1 Å². The van der Waals surface area contributed by atoms with Gasteiger partial charge in [-0.15, -0.1) is 9.24 Å². The van der Waals surface area contributed by atoms with Crippen molar-refractivity contribution in [2.24, 2.45) is 5.92 Å². The number of hydrogen-bond acceptors (Lipinski definition) is 2. The van der Waals surface area contributed by atoms with E-state index in [4.69, 9.17) is 0 Å². The molecule has 0 aromatic heterocycles. The minimum Gasteiger partial charge on any atom is -0.339 e. The zero-order valence-electron chi connectivity index (χ0n) is 22.5. The molecule has 4 aromatic carbocycles. The van der Waals surface area contributed by atoms with E-state index in [-0.39, 0.29) is 11.7 Å². The Balaban J connectivity index is 1.64. The summed E-state index contributed by atoms with van der Waals surface area (Å²) >= 11 is 0. The lowest BCUT2D eigenvalue weighted by Gasteiger charge is -2.31. The van der Waals surface area contributed by atoms with Crippen molar-refractivity contribution in [2.75, 3.05) is 16.3 Å². The fourth-order valence-corrected chi connectivity index (χ4v) is 5.73. The third-order valence-corrected chi connectivity index (χ3v) is 7.82. The van der Waals surface area contributed by atoms with E-state index in [0.29, 0.717) is 5.66 Å². The third-order valence-electron chi connectivity index (χ3n) is 7.58. The normalized spacial score (nSPS) is 16.3. The van der Waals surface area contributed by atoms with Gasteiger partial charge in [0.25, 0.3) is 0 Å². The minimum atomic E-state index is -0.243. The van der Waals surface area contributed by atoms with Crippen LogP contribution in [-0.2, 0) is 13.0 Å². The van der Waals surface area contributed by atoms with E-state index in [1.165, 1.54) is 39.6 Å². The van der Waals surface area contributed by atoms with Gasteiger partial charge in [0, 0.05) is 30.4 Å². The van der Waals surface area contributed by atoms with Gasteiger partial charge in [-0.25, -0.2) is 4.39 Å². The second kappa shape index (κ2) is 10.8. The Labute approximate surface area is 228 Å². The number of aryl methyl sites for hydroxylation is 1. The first-order valence-electron chi connectivity index (χ1n) is 13.3. The first-order valence-corrected chi connectivity index (χ1v) is 13.9. The van der Waals surface area contributed by atoms with Gasteiger partial charge in [0.1, 0.15) is 5.82 Å². The maximum absolute atomic E-state index is 13.7. The molecule has 0 bridgehead atoms. The second-order valence-electron chi connectivity index (χ2n) is 10.6. The summed E-state index contributed by atoms with van der Waals surface area (Å²) in [4.78, 5) is 4.68. The molecule has 0 aliphatic carbocycles. The van der Waals surface area contributed by atoms with Gasteiger partial charge < -0.3 is 9.80 Å². The van der Waals surface area contributed by atoms with Crippen LogP contribution in [0.25, 0.3) is 16.5 Å². The fraction of sp³-hybridized carbons (Fsp3) is 0.235. The molecule has 4 aromatic rings. The molecule has 5 rings (SSSR count). The van der Waals surface area contributed by atoms with Gasteiger partial charge >= 0.3 is 0 Å². The molecule has 0 radical (unpaired) electrons. The smallest absolute Gasteiger partial charge is 0.123 e. The van der Waals surface area contributed by atoms with Crippen molar-refractivity contribution in [1.82, 2.24) is 0 Å². The highest BCUT2D eigenvalue weighted by Crippen LogP contribution is 2.43. The Morgan fingerprint density at radius 2 is 1.76 bits per heavy atom. The lowest BCUT2D eigenvalue weighted by atomic mass is 9.95. The number of nitrogens with zero attached hydrogens (tertiary/aromatic N) is 2. The highest BCUT2D eigenvalue weighted by Gasteiger charge is 2.30. The molecule has 4 heteroatoms. The lowest BCUT2D eigenvalue weighted by molar-refractivity contribution is 0.627. The Hall–Kier alpha value is -3.42. The zero-order chi connectivity index (χ0) is 27.0. The van der Waals surface area contributed by atoms with E-state index >= 15 is 0 Å². The topological polar surface area (TPSA) is 6.48 Å². The Morgan fingerprint density at radius 1 is 1.03 bits per heavy atom. The van der Waals surface area contributed by atoms with Gasteiger partial charge in [-0.1, -0.05) is 81.6 Å². The van der Waals surface area contributed by atoms with Crippen molar-refractivity contribution < 1.29 is 4.39 Å². The van der Waals surface area contributed by atoms with E-state index in [9.17, 15) is 4.39 Å². The number of fused-ring (bicyclic) bond motifs is 2. The van der Waals surface area contributed by atoms with Crippen LogP contribution in [-0.4, -0.2) is 12.2 Å². The summed E-state index contributed by atoms with van der Waals surface area (Å²) in [5.41, 5.74) is 9.46. The Morgan fingerprint density at radius 3 is 2.50 bits per heavy atom. The largest absolute Gasteiger partial charge is 0.339 e. The van der Waals surface area contributed by atoms with Gasteiger partial charge in [0.05, 0.1) is 11.4 Å². The third kappa shape index (κ3) is 5.13. The molecule has 0 N–H and O–H groups in total. The van der Waals surface area contributed by atoms with E-state index in [0.717, 1.165) is 47.8 Å². The summed E-state index contributed by atoms with van der Waals surface area (Å²) in [6.45, 7) is 17.2. The van der Waals surface area contributed by atoms with Gasteiger partial charge in [-0.3, -0.25) is 0 Å². The molecule has 3 atom stereocenters. The molecule has 3 unspecified atom stereocenters. The summed E-state index contributed by atoms with van der Waals surface area (Å²) < 4.78 is 13.7. The average molecular weight is 523 g/mol. The monoisotopic (exact) mass is 522 g/mol. The van der Waals surface area contributed by atoms with Crippen molar-refractivity contribution in [3.8, 4) is 0 Å². The molecule has 1 aliphatic rings. The molecule has 0 saturated heterocycles. The van der Waals surface area contributed by atoms with Crippen LogP contribution in [0.5, 0.6) is 0 Å². The molecule has 1 aliphatic heterocycles. The van der Waals surface area contributed by atoms with E-state index in [1.54, 1.807) is 0 Å². The van der Waals surface area contributed by atoms with Crippen molar-refractivity contribution in [3.63, 3.8) is 0 Å². The van der Waals surface area contributed by atoms with E-state index in [1.807, 2.05) is 12.1 Å². The molecule has 0 amide bonds. The maximum atomic E-state index is 13.7. The molecule has 38 heavy (non-hydrogen) atoms. The van der Waals surface area contributed by atoms with Gasteiger partial charge in [0.15, 0.2) is 0 Å². The highest BCUT2D eigenvalue weighted by atomic mass is 31.0. The standard InChI is InChI=1S/C34H36FN2P/c1-22-10-17-33-34(18-22)36(26(5)27-13-15-30(35)16-14-27)20-23(2)25(4)37(33)21-32-29(19-24(3)38)12-11-28-8-6-7-9-31(28)32/h6-18,23-24H,4-5,19-21,38H2,1-3H3. The number of hydrogen-bond donors (Lipinski definition) is 0. The Kier molecular flexibility index (Phi) is 7.41. The minimum absolute atomic E-state index is 0.180. The average Bonchev–Trinajstić information content (AvgIpc) is 2.99. The molecule has 0 saturated carbocycles. The van der Waals surface area contributed by atoms with Crippen LogP contribution >= 0.6 is 9.24 Å². The number of anilines is 2.